The highest BCUT2D eigenvalue weighted by molar-refractivity contribution is 6.07. The van der Waals surface area contributed by atoms with E-state index in [-0.39, 0.29) is 11.5 Å². The van der Waals surface area contributed by atoms with Crippen LogP contribution in [0, 0.1) is 0 Å². The summed E-state index contributed by atoms with van der Waals surface area (Å²) in [5.41, 5.74) is 0.679. The molecule has 7 nitrogen and oxygen atoms in total. The zero-order valence-electron chi connectivity index (χ0n) is 15.2. The van der Waals surface area contributed by atoms with Crippen molar-refractivity contribution in [3.05, 3.63) is 59.7 Å². The first-order valence-corrected chi connectivity index (χ1v) is 8.54. The van der Waals surface area contributed by atoms with Crippen molar-refractivity contribution in [1.82, 2.24) is 10.3 Å². The number of benzene rings is 2. The van der Waals surface area contributed by atoms with Crippen LogP contribution in [0.1, 0.15) is 24.5 Å². The van der Waals surface area contributed by atoms with Gasteiger partial charge >= 0.3 is 6.03 Å². The first-order valence-electron chi connectivity index (χ1n) is 8.54. The summed E-state index contributed by atoms with van der Waals surface area (Å²) in [4.78, 5) is 24.9. The minimum absolute atomic E-state index is 0.00173. The van der Waals surface area contributed by atoms with Crippen LogP contribution in [0.25, 0.3) is 0 Å². The van der Waals surface area contributed by atoms with Crippen LogP contribution in [0.2, 0.25) is 0 Å². The lowest BCUT2D eigenvalue weighted by molar-refractivity contribution is -0.130. The SMILES string of the molecule is COc1cc(/C=N/N2C(=O)N[C@](C)(CCc3ccccc3)C2=O)ccc1O. The van der Waals surface area contributed by atoms with Crippen molar-refractivity contribution in [2.45, 2.75) is 25.3 Å². The number of aryl methyl sites for hydroxylation is 1. The second-order valence-corrected chi connectivity index (χ2v) is 6.54. The molecule has 2 aromatic rings. The maximum atomic E-state index is 12.7. The molecule has 3 rings (SSSR count). The zero-order chi connectivity index (χ0) is 19.4. The lowest BCUT2D eigenvalue weighted by atomic mass is 9.93. The van der Waals surface area contributed by atoms with Gasteiger partial charge in [0.2, 0.25) is 0 Å². The standard InChI is InChI=1S/C20H21N3O4/c1-20(11-10-14-6-4-3-5-7-14)18(25)23(19(26)22-20)21-13-15-8-9-16(24)17(12-15)27-2/h3-9,12-13,24H,10-11H2,1-2H3,(H,22,26)/b21-13+/t20-/m1/s1. The third kappa shape index (κ3) is 3.92. The van der Waals surface area contributed by atoms with Crippen LogP contribution < -0.4 is 10.1 Å². The number of carbonyl (C=O) groups excluding carboxylic acids is 2. The number of phenols is 1. The Labute approximate surface area is 157 Å². The molecule has 27 heavy (non-hydrogen) atoms. The third-order valence-corrected chi connectivity index (χ3v) is 4.52. The van der Waals surface area contributed by atoms with E-state index >= 15 is 0 Å². The van der Waals surface area contributed by atoms with Crippen LogP contribution in [0.3, 0.4) is 0 Å². The van der Waals surface area contributed by atoms with Crippen LogP contribution in [0.5, 0.6) is 11.5 Å². The van der Waals surface area contributed by atoms with Gasteiger partial charge in [-0.2, -0.15) is 5.10 Å². The minimum atomic E-state index is -1.00. The van der Waals surface area contributed by atoms with Crippen molar-refractivity contribution in [3.63, 3.8) is 0 Å². The summed E-state index contributed by atoms with van der Waals surface area (Å²) in [6, 6.07) is 13.8. The van der Waals surface area contributed by atoms with E-state index in [4.69, 9.17) is 4.74 Å². The lowest BCUT2D eigenvalue weighted by Crippen LogP contribution is -2.44. The summed E-state index contributed by atoms with van der Waals surface area (Å²) in [6.45, 7) is 1.70. The van der Waals surface area contributed by atoms with Gasteiger partial charge < -0.3 is 15.2 Å². The summed E-state index contributed by atoms with van der Waals surface area (Å²) in [5.74, 6) is -0.118. The predicted molar refractivity (Wildman–Crippen MR) is 101 cm³/mol. The van der Waals surface area contributed by atoms with E-state index in [0.29, 0.717) is 18.4 Å². The molecule has 2 aromatic carbocycles. The van der Waals surface area contributed by atoms with Crippen molar-refractivity contribution in [1.29, 1.82) is 0 Å². The molecule has 2 N–H and O–H groups in total. The fourth-order valence-corrected chi connectivity index (χ4v) is 2.88. The summed E-state index contributed by atoms with van der Waals surface area (Å²) in [6.07, 6.45) is 2.51. The molecule has 0 aromatic heterocycles. The number of urea groups is 1. The molecule has 0 bridgehead atoms. The highest BCUT2D eigenvalue weighted by Gasteiger charge is 2.47. The monoisotopic (exact) mass is 367 g/mol. The number of nitrogens with one attached hydrogen (secondary N) is 1. The largest absolute Gasteiger partial charge is 0.504 e. The number of hydrogen-bond acceptors (Lipinski definition) is 5. The van der Waals surface area contributed by atoms with E-state index in [9.17, 15) is 14.7 Å². The number of hydrogen-bond donors (Lipinski definition) is 2. The summed E-state index contributed by atoms with van der Waals surface area (Å²) in [5, 5.41) is 17.2. The first-order chi connectivity index (χ1) is 12.9. The molecule has 1 aliphatic heterocycles. The molecule has 0 unspecified atom stereocenters. The number of rotatable bonds is 6. The first kappa shape index (κ1) is 18.4. The normalized spacial score (nSPS) is 19.6. The summed E-state index contributed by atoms with van der Waals surface area (Å²) >= 11 is 0. The molecular weight excluding hydrogens is 346 g/mol. The number of amides is 3. The number of imide groups is 1. The molecule has 1 aliphatic rings. The molecule has 0 radical (unpaired) electrons. The molecule has 1 fully saturated rings. The Morgan fingerprint density at radius 3 is 2.67 bits per heavy atom. The van der Waals surface area contributed by atoms with Crippen molar-refractivity contribution in [3.8, 4) is 11.5 Å². The Bertz CT molecular complexity index is 882. The fraction of sp³-hybridized carbons (Fsp3) is 0.250. The average Bonchev–Trinajstić information content (AvgIpc) is 2.89. The highest BCUT2D eigenvalue weighted by atomic mass is 16.5. The second kappa shape index (κ2) is 7.49. The highest BCUT2D eigenvalue weighted by Crippen LogP contribution is 2.26. The molecule has 0 spiro atoms. The van der Waals surface area contributed by atoms with Crippen molar-refractivity contribution in [2.24, 2.45) is 5.10 Å². The van der Waals surface area contributed by atoms with Crippen LogP contribution in [-0.4, -0.2) is 40.9 Å². The Kier molecular flexibility index (Phi) is 5.12. The Balaban J connectivity index is 1.71. The van der Waals surface area contributed by atoms with E-state index < -0.39 is 17.5 Å². The fourth-order valence-electron chi connectivity index (χ4n) is 2.88. The van der Waals surface area contributed by atoms with Crippen molar-refractivity contribution in [2.75, 3.05) is 7.11 Å². The quantitative estimate of drug-likeness (QED) is 0.607. The predicted octanol–water partition coefficient (Wildman–Crippen LogP) is 2.68. The molecule has 140 valence electrons. The summed E-state index contributed by atoms with van der Waals surface area (Å²) in [7, 11) is 1.44. The van der Waals surface area contributed by atoms with Gasteiger partial charge in [0, 0.05) is 0 Å². The van der Waals surface area contributed by atoms with Gasteiger partial charge in [-0.05, 0) is 49.1 Å². The Hall–Kier alpha value is -3.35. The van der Waals surface area contributed by atoms with Gasteiger partial charge in [0.15, 0.2) is 11.5 Å². The minimum Gasteiger partial charge on any atom is -0.504 e. The van der Waals surface area contributed by atoms with Gasteiger partial charge in [0.1, 0.15) is 5.54 Å². The molecule has 7 heteroatoms. The summed E-state index contributed by atoms with van der Waals surface area (Å²) < 4.78 is 5.04. The van der Waals surface area contributed by atoms with Crippen LogP contribution >= 0.6 is 0 Å². The van der Waals surface area contributed by atoms with Crippen LogP contribution in [0.15, 0.2) is 53.6 Å². The maximum Gasteiger partial charge on any atom is 0.346 e. The smallest absolute Gasteiger partial charge is 0.346 e. The van der Waals surface area contributed by atoms with Crippen LogP contribution in [0.4, 0.5) is 4.79 Å². The average molecular weight is 367 g/mol. The third-order valence-electron chi connectivity index (χ3n) is 4.52. The van der Waals surface area contributed by atoms with Gasteiger partial charge in [0.25, 0.3) is 5.91 Å². The molecule has 3 amide bonds. The number of hydrazone groups is 1. The number of carbonyl (C=O) groups is 2. The molecule has 1 heterocycles. The Morgan fingerprint density at radius 1 is 1.22 bits per heavy atom. The van der Waals surface area contributed by atoms with Gasteiger partial charge in [-0.1, -0.05) is 30.3 Å². The van der Waals surface area contributed by atoms with E-state index in [1.54, 1.807) is 19.1 Å². The van der Waals surface area contributed by atoms with E-state index in [2.05, 4.69) is 10.4 Å². The van der Waals surface area contributed by atoms with Gasteiger partial charge in [-0.25, -0.2) is 4.79 Å². The second-order valence-electron chi connectivity index (χ2n) is 6.54. The van der Waals surface area contributed by atoms with Gasteiger partial charge in [-0.3, -0.25) is 4.79 Å². The molecule has 0 saturated carbocycles. The molecule has 1 saturated heterocycles. The molecule has 1 atom stereocenters. The number of ether oxygens (including phenoxy) is 1. The van der Waals surface area contributed by atoms with E-state index in [0.717, 1.165) is 10.6 Å². The zero-order valence-corrected chi connectivity index (χ0v) is 15.2. The molecule has 0 aliphatic carbocycles. The number of methoxy groups -OCH3 is 1. The number of nitrogens with zero attached hydrogens (tertiary/aromatic N) is 2. The van der Waals surface area contributed by atoms with E-state index in [1.807, 2.05) is 30.3 Å². The maximum absolute atomic E-state index is 12.7. The topological polar surface area (TPSA) is 91.2 Å². The lowest BCUT2D eigenvalue weighted by Gasteiger charge is -2.20. The van der Waals surface area contributed by atoms with E-state index in [1.165, 1.54) is 19.4 Å². The van der Waals surface area contributed by atoms with Gasteiger partial charge in [0.05, 0.1) is 13.3 Å². The van der Waals surface area contributed by atoms with Crippen molar-refractivity contribution < 1.29 is 19.4 Å². The Morgan fingerprint density at radius 2 is 1.96 bits per heavy atom. The molecular formula is C20H21N3O4. The number of phenolic OH excluding ortho intramolecular Hbond substituents is 1. The van der Waals surface area contributed by atoms with Crippen LogP contribution in [-0.2, 0) is 11.2 Å². The number of aromatic hydroxyl groups is 1. The van der Waals surface area contributed by atoms with Crippen molar-refractivity contribution >= 4 is 18.2 Å². The van der Waals surface area contributed by atoms with Gasteiger partial charge in [-0.15, -0.1) is 5.01 Å².